The minimum Gasteiger partial charge on any atom is -0.444 e. The summed E-state index contributed by atoms with van der Waals surface area (Å²) in [5.74, 6) is -0.475. The lowest BCUT2D eigenvalue weighted by atomic mass is 10.1. The lowest BCUT2D eigenvalue weighted by Crippen LogP contribution is -2.37. The van der Waals surface area contributed by atoms with E-state index in [9.17, 15) is 14.0 Å². The summed E-state index contributed by atoms with van der Waals surface area (Å²) >= 11 is 0. The van der Waals surface area contributed by atoms with E-state index in [-0.39, 0.29) is 18.7 Å². The van der Waals surface area contributed by atoms with Crippen molar-refractivity contribution in [3.05, 3.63) is 82.8 Å². The highest BCUT2D eigenvalue weighted by Gasteiger charge is 2.37. The van der Waals surface area contributed by atoms with Crippen LogP contribution in [0, 0.1) is 5.82 Å². The summed E-state index contributed by atoms with van der Waals surface area (Å²) in [7, 11) is 3.88. The Hall–Kier alpha value is -3.72. The number of hydrogen-bond donors (Lipinski definition) is 2. The van der Waals surface area contributed by atoms with Gasteiger partial charge in [0.05, 0.1) is 18.3 Å². The lowest BCUT2D eigenvalue weighted by molar-refractivity contribution is 0.0434. The van der Waals surface area contributed by atoms with E-state index in [0.29, 0.717) is 24.3 Å². The zero-order valence-electron chi connectivity index (χ0n) is 19.4. The van der Waals surface area contributed by atoms with Gasteiger partial charge in [0.25, 0.3) is 5.91 Å². The van der Waals surface area contributed by atoms with Gasteiger partial charge >= 0.3 is 6.09 Å². The van der Waals surface area contributed by atoms with Gasteiger partial charge in [-0.25, -0.2) is 9.18 Å². The molecule has 0 saturated carbocycles. The number of H-pyrrole nitrogens is 1. The van der Waals surface area contributed by atoms with Crippen LogP contribution in [-0.2, 0) is 17.7 Å². The number of nitrogens with one attached hydrogen (secondary N) is 2. The SMILES string of the molecule is CC1c2[nH]nc(NC(=O)c3ccc(F)cc3)c2CN1C(=O)OC(Cc1ccccc1)CN(C)C. The Morgan fingerprint density at radius 3 is 2.59 bits per heavy atom. The van der Waals surface area contributed by atoms with Crippen LogP contribution in [0.4, 0.5) is 15.0 Å². The number of carbonyl (C=O) groups is 2. The number of anilines is 1. The van der Waals surface area contributed by atoms with Crippen LogP contribution in [0.3, 0.4) is 0 Å². The number of aromatic nitrogens is 2. The molecule has 1 aromatic heterocycles. The Balaban J connectivity index is 1.44. The normalized spacial score (nSPS) is 15.8. The molecule has 0 radical (unpaired) electrons. The zero-order valence-corrected chi connectivity index (χ0v) is 19.4. The van der Waals surface area contributed by atoms with Gasteiger partial charge in [-0.15, -0.1) is 0 Å². The Bertz CT molecular complexity index is 1150. The van der Waals surface area contributed by atoms with Crippen LogP contribution in [0.15, 0.2) is 54.6 Å². The highest BCUT2D eigenvalue weighted by atomic mass is 19.1. The van der Waals surface area contributed by atoms with E-state index in [1.807, 2.05) is 56.3 Å². The Morgan fingerprint density at radius 2 is 1.91 bits per heavy atom. The van der Waals surface area contributed by atoms with Crippen molar-refractivity contribution in [1.29, 1.82) is 0 Å². The number of halogens is 1. The molecule has 178 valence electrons. The standard InChI is InChI=1S/C25H28FN5O3/c1-16-22-21(23(29-28-22)27-24(32)18-9-11-19(26)12-10-18)15-31(16)25(33)34-20(14-30(2)3)13-17-7-5-4-6-8-17/h4-12,16,20H,13-15H2,1-3H3,(H2,27,28,29,32). The summed E-state index contributed by atoms with van der Waals surface area (Å²) in [6, 6.07) is 14.9. The van der Waals surface area contributed by atoms with Crippen LogP contribution < -0.4 is 5.32 Å². The molecule has 2 heterocycles. The molecule has 3 aromatic rings. The second kappa shape index (κ2) is 10.0. The van der Waals surface area contributed by atoms with Crippen molar-refractivity contribution >= 4 is 17.8 Å². The molecule has 2 unspecified atom stereocenters. The highest BCUT2D eigenvalue weighted by Crippen LogP contribution is 2.36. The molecule has 8 nitrogen and oxygen atoms in total. The van der Waals surface area contributed by atoms with Crippen LogP contribution in [0.1, 0.15) is 40.1 Å². The van der Waals surface area contributed by atoms with Crippen molar-refractivity contribution in [3.63, 3.8) is 0 Å². The van der Waals surface area contributed by atoms with Gasteiger partial charge in [0, 0.05) is 24.1 Å². The van der Waals surface area contributed by atoms with E-state index in [1.165, 1.54) is 24.3 Å². The molecule has 2 amide bonds. The molecule has 34 heavy (non-hydrogen) atoms. The van der Waals surface area contributed by atoms with Gasteiger partial charge in [0.2, 0.25) is 0 Å². The van der Waals surface area contributed by atoms with Gasteiger partial charge in [0.15, 0.2) is 5.82 Å². The molecule has 2 N–H and O–H groups in total. The van der Waals surface area contributed by atoms with Crippen molar-refractivity contribution in [1.82, 2.24) is 20.0 Å². The molecule has 0 aliphatic carbocycles. The molecule has 0 fully saturated rings. The minimum atomic E-state index is -0.421. The summed E-state index contributed by atoms with van der Waals surface area (Å²) in [4.78, 5) is 29.3. The van der Waals surface area contributed by atoms with Crippen LogP contribution in [-0.4, -0.2) is 58.7 Å². The number of nitrogens with zero attached hydrogens (tertiary/aromatic N) is 3. The third-order valence-corrected chi connectivity index (χ3v) is 5.83. The topological polar surface area (TPSA) is 90.6 Å². The molecule has 4 rings (SSSR count). The number of rotatable bonds is 7. The van der Waals surface area contributed by atoms with Gasteiger partial charge in [-0.05, 0) is 50.8 Å². The fraction of sp³-hybridized carbons (Fsp3) is 0.320. The Labute approximate surface area is 197 Å². The zero-order chi connectivity index (χ0) is 24.2. The van der Waals surface area contributed by atoms with Crippen molar-refractivity contribution in [2.24, 2.45) is 0 Å². The Morgan fingerprint density at radius 1 is 1.21 bits per heavy atom. The number of benzene rings is 2. The van der Waals surface area contributed by atoms with Gasteiger partial charge in [-0.2, -0.15) is 5.10 Å². The fourth-order valence-corrected chi connectivity index (χ4v) is 4.09. The second-order valence-corrected chi connectivity index (χ2v) is 8.69. The van der Waals surface area contributed by atoms with Crippen molar-refractivity contribution in [3.8, 4) is 0 Å². The van der Waals surface area contributed by atoms with E-state index in [4.69, 9.17) is 4.74 Å². The maximum atomic E-state index is 13.2. The van der Waals surface area contributed by atoms with Crippen molar-refractivity contribution < 1.29 is 18.7 Å². The monoisotopic (exact) mass is 465 g/mol. The molecule has 1 aliphatic rings. The van der Waals surface area contributed by atoms with E-state index < -0.39 is 17.8 Å². The molecule has 0 bridgehead atoms. The third-order valence-electron chi connectivity index (χ3n) is 5.83. The van der Waals surface area contributed by atoms with E-state index >= 15 is 0 Å². The van der Waals surface area contributed by atoms with E-state index in [0.717, 1.165) is 16.8 Å². The number of amides is 2. The van der Waals surface area contributed by atoms with E-state index in [1.54, 1.807) is 4.90 Å². The quantitative estimate of drug-likeness (QED) is 0.551. The first-order valence-corrected chi connectivity index (χ1v) is 11.1. The van der Waals surface area contributed by atoms with Gasteiger partial charge in [-0.3, -0.25) is 14.8 Å². The molecular formula is C25H28FN5O3. The highest BCUT2D eigenvalue weighted by molar-refractivity contribution is 6.04. The average molecular weight is 466 g/mol. The predicted molar refractivity (Wildman–Crippen MR) is 126 cm³/mol. The number of hydrogen-bond acceptors (Lipinski definition) is 5. The summed E-state index contributed by atoms with van der Waals surface area (Å²) in [5.41, 5.74) is 2.88. The third kappa shape index (κ3) is 5.26. The first-order valence-electron chi connectivity index (χ1n) is 11.1. The molecule has 2 atom stereocenters. The number of likely N-dealkylation sites (N-methyl/N-ethyl adjacent to an activating group) is 1. The predicted octanol–water partition coefficient (Wildman–Crippen LogP) is 3.99. The maximum Gasteiger partial charge on any atom is 0.410 e. The first-order chi connectivity index (χ1) is 16.3. The summed E-state index contributed by atoms with van der Waals surface area (Å²) in [6.45, 7) is 2.73. The smallest absolute Gasteiger partial charge is 0.410 e. The number of carbonyl (C=O) groups excluding carboxylic acids is 2. The van der Waals surface area contributed by atoms with Crippen LogP contribution >= 0.6 is 0 Å². The van der Waals surface area contributed by atoms with Gasteiger partial charge in [0.1, 0.15) is 11.9 Å². The van der Waals surface area contributed by atoms with Crippen LogP contribution in [0.2, 0.25) is 0 Å². The fourth-order valence-electron chi connectivity index (χ4n) is 4.09. The van der Waals surface area contributed by atoms with Crippen molar-refractivity contribution in [2.75, 3.05) is 26.0 Å². The lowest BCUT2D eigenvalue weighted by Gasteiger charge is -2.27. The van der Waals surface area contributed by atoms with Crippen LogP contribution in [0.25, 0.3) is 0 Å². The van der Waals surface area contributed by atoms with Gasteiger partial charge < -0.3 is 15.0 Å². The summed E-state index contributed by atoms with van der Waals surface area (Å²) < 4.78 is 19.1. The molecule has 0 spiro atoms. The van der Waals surface area contributed by atoms with Crippen LogP contribution in [0.5, 0.6) is 0 Å². The minimum absolute atomic E-state index is 0.255. The molecule has 2 aromatic carbocycles. The number of ether oxygens (including phenoxy) is 1. The van der Waals surface area contributed by atoms with E-state index in [2.05, 4.69) is 15.5 Å². The van der Waals surface area contributed by atoms with Gasteiger partial charge in [-0.1, -0.05) is 30.3 Å². The average Bonchev–Trinajstić information content (AvgIpc) is 3.34. The molecule has 9 heteroatoms. The molecular weight excluding hydrogens is 437 g/mol. The molecule has 1 aliphatic heterocycles. The second-order valence-electron chi connectivity index (χ2n) is 8.69. The largest absolute Gasteiger partial charge is 0.444 e. The first kappa shape index (κ1) is 23.4. The maximum absolute atomic E-state index is 13.2. The number of fused-ring (bicyclic) bond motifs is 1. The van der Waals surface area contributed by atoms with Crippen molar-refractivity contribution in [2.45, 2.75) is 32.0 Å². The summed E-state index contributed by atoms with van der Waals surface area (Å²) in [5, 5.41) is 9.88. The Kier molecular flexibility index (Phi) is 6.93. The summed E-state index contributed by atoms with van der Waals surface area (Å²) in [6.07, 6.45) is -0.124. The number of aromatic amines is 1. The molecule has 0 saturated heterocycles.